The van der Waals surface area contributed by atoms with E-state index in [2.05, 4.69) is 6.92 Å². The second kappa shape index (κ2) is 4.63. The van der Waals surface area contributed by atoms with Crippen molar-refractivity contribution < 1.29 is 8.42 Å². The van der Waals surface area contributed by atoms with Crippen molar-refractivity contribution in [3.8, 4) is 0 Å². The average molecular weight is 224 g/mol. The third-order valence-corrected chi connectivity index (χ3v) is 4.52. The summed E-state index contributed by atoms with van der Waals surface area (Å²) in [6.45, 7) is 3.28. The van der Waals surface area contributed by atoms with Gasteiger partial charge in [-0.15, -0.1) is 0 Å². The maximum atomic E-state index is 10.9. The van der Waals surface area contributed by atoms with Crippen LogP contribution < -0.4 is 5.14 Å². The lowest BCUT2D eigenvalue weighted by Crippen LogP contribution is -2.42. The van der Waals surface area contributed by atoms with Crippen LogP contribution in [0.1, 0.15) is 19.8 Å². The Kier molecular flexibility index (Phi) is 4.03. The number of rotatable bonds is 3. The van der Waals surface area contributed by atoms with Gasteiger partial charge in [-0.25, -0.2) is 5.14 Å². The molecule has 0 saturated carbocycles. The highest BCUT2D eigenvalue weighted by Crippen LogP contribution is 2.23. The molecule has 0 atom stereocenters. The monoisotopic (exact) mass is 224 g/mol. The minimum Gasteiger partial charge on any atom is -0.216 e. The molecule has 0 aliphatic carbocycles. The summed E-state index contributed by atoms with van der Waals surface area (Å²) < 4.78 is 23.3. The Labute approximate surface area is 84.0 Å². The van der Waals surface area contributed by atoms with Gasteiger partial charge < -0.3 is 0 Å². The first-order valence-corrected chi connectivity index (χ1v) is 6.98. The van der Waals surface area contributed by atoms with Gasteiger partial charge in [0.2, 0.25) is 0 Å². The summed E-state index contributed by atoms with van der Waals surface area (Å²) in [7, 11) is -3.44. The Morgan fingerprint density at radius 1 is 1.46 bits per heavy atom. The molecule has 0 aromatic rings. The van der Waals surface area contributed by atoms with Crippen LogP contribution in [-0.2, 0) is 10.2 Å². The van der Waals surface area contributed by atoms with Crippen LogP contribution in [0.5, 0.6) is 0 Å². The van der Waals surface area contributed by atoms with E-state index < -0.39 is 10.2 Å². The number of nitrogens with zero attached hydrogens (tertiary/aromatic N) is 1. The number of hydrogen-bond acceptors (Lipinski definition) is 3. The second-order valence-corrected chi connectivity index (χ2v) is 6.22. The molecular weight excluding hydrogens is 208 g/mol. The van der Waals surface area contributed by atoms with Crippen molar-refractivity contribution in [1.82, 2.24) is 4.31 Å². The fourth-order valence-electron chi connectivity index (χ4n) is 1.49. The molecule has 6 heteroatoms. The van der Waals surface area contributed by atoms with Crippen molar-refractivity contribution in [2.45, 2.75) is 25.0 Å². The molecule has 0 amide bonds. The molecule has 1 fully saturated rings. The molecule has 4 nitrogen and oxygen atoms in total. The molecule has 0 aromatic carbocycles. The molecular formula is C7H16N2O2S2. The van der Waals surface area contributed by atoms with Gasteiger partial charge in [-0.3, -0.25) is 0 Å². The Hall–Kier alpha value is 0.220. The van der Waals surface area contributed by atoms with Gasteiger partial charge in [0.1, 0.15) is 0 Å². The smallest absolute Gasteiger partial charge is 0.216 e. The fourth-order valence-corrected chi connectivity index (χ4v) is 3.22. The lowest BCUT2D eigenvalue weighted by atomic mass is 10.2. The van der Waals surface area contributed by atoms with Crippen LogP contribution >= 0.6 is 11.8 Å². The number of thioether (sulfide) groups is 1. The van der Waals surface area contributed by atoms with Gasteiger partial charge >= 0.3 is 0 Å². The predicted molar refractivity (Wildman–Crippen MR) is 55.8 cm³/mol. The van der Waals surface area contributed by atoms with E-state index in [-0.39, 0.29) is 0 Å². The van der Waals surface area contributed by atoms with Crippen LogP contribution in [0.15, 0.2) is 0 Å². The van der Waals surface area contributed by atoms with Gasteiger partial charge in [0, 0.05) is 18.3 Å². The summed E-state index contributed by atoms with van der Waals surface area (Å²) in [5, 5.41) is 5.63. The summed E-state index contributed by atoms with van der Waals surface area (Å²) in [6, 6.07) is 0. The minimum atomic E-state index is -3.44. The molecule has 0 aromatic heterocycles. The van der Waals surface area contributed by atoms with Gasteiger partial charge in [0.25, 0.3) is 10.2 Å². The quantitative estimate of drug-likeness (QED) is 0.755. The van der Waals surface area contributed by atoms with Crippen LogP contribution in [0.2, 0.25) is 0 Å². The fraction of sp³-hybridized carbons (Fsp3) is 1.00. The molecule has 78 valence electrons. The zero-order chi connectivity index (χ0) is 9.90. The van der Waals surface area contributed by atoms with Crippen molar-refractivity contribution >= 4 is 22.0 Å². The lowest BCUT2D eigenvalue weighted by Gasteiger charge is -2.29. The maximum absolute atomic E-state index is 10.9. The van der Waals surface area contributed by atoms with Crippen molar-refractivity contribution in [1.29, 1.82) is 0 Å². The van der Waals surface area contributed by atoms with E-state index in [0.29, 0.717) is 18.3 Å². The van der Waals surface area contributed by atoms with Crippen molar-refractivity contribution in [3.05, 3.63) is 0 Å². The highest BCUT2D eigenvalue weighted by atomic mass is 32.2. The van der Waals surface area contributed by atoms with Crippen molar-refractivity contribution in [2.24, 2.45) is 5.14 Å². The molecule has 2 N–H and O–H groups in total. The van der Waals surface area contributed by atoms with Crippen LogP contribution in [0.3, 0.4) is 0 Å². The number of piperidine rings is 1. The SMILES string of the molecule is CCSC1CCN(S(N)(=O)=O)CC1. The summed E-state index contributed by atoms with van der Waals surface area (Å²) in [5.74, 6) is 1.10. The van der Waals surface area contributed by atoms with Crippen LogP contribution in [0.4, 0.5) is 0 Å². The molecule has 0 radical (unpaired) electrons. The topological polar surface area (TPSA) is 63.4 Å². The molecule has 0 spiro atoms. The molecule has 1 aliphatic heterocycles. The van der Waals surface area contributed by atoms with E-state index >= 15 is 0 Å². The van der Waals surface area contributed by atoms with Crippen LogP contribution in [0.25, 0.3) is 0 Å². The van der Waals surface area contributed by atoms with E-state index in [1.807, 2.05) is 11.8 Å². The first-order chi connectivity index (χ1) is 6.04. The average Bonchev–Trinajstić information content (AvgIpc) is 2.04. The van der Waals surface area contributed by atoms with Crippen LogP contribution in [-0.4, -0.2) is 36.8 Å². The first-order valence-electron chi connectivity index (χ1n) is 4.43. The standard InChI is InChI=1S/C7H16N2O2S2/c1-2-12-7-3-5-9(6-4-7)13(8,10)11/h7H,2-6H2,1H3,(H2,8,10,11). The van der Waals surface area contributed by atoms with E-state index in [0.717, 1.165) is 18.6 Å². The van der Waals surface area contributed by atoms with E-state index in [4.69, 9.17) is 5.14 Å². The highest BCUT2D eigenvalue weighted by Gasteiger charge is 2.24. The second-order valence-electron chi connectivity index (χ2n) is 3.10. The Balaban J connectivity index is 2.39. The number of nitrogens with two attached hydrogens (primary N) is 1. The van der Waals surface area contributed by atoms with Crippen molar-refractivity contribution in [3.63, 3.8) is 0 Å². The molecule has 1 saturated heterocycles. The maximum Gasteiger partial charge on any atom is 0.276 e. The third kappa shape index (κ3) is 3.46. The Bertz CT molecular complexity index is 245. The molecule has 1 heterocycles. The highest BCUT2D eigenvalue weighted by molar-refractivity contribution is 7.99. The van der Waals surface area contributed by atoms with E-state index in [1.165, 1.54) is 4.31 Å². The first kappa shape index (κ1) is 11.3. The molecule has 0 bridgehead atoms. The Morgan fingerprint density at radius 3 is 2.38 bits per heavy atom. The lowest BCUT2D eigenvalue weighted by molar-refractivity contribution is 0.353. The summed E-state index contributed by atoms with van der Waals surface area (Å²) in [6.07, 6.45) is 1.85. The third-order valence-electron chi connectivity index (χ3n) is 2.16. The predicted octanol–water partition coefficient (Wildman–Crippen LogP) is 0.407. The van der Waals surface area contributed by atoms with Gasteiger partial charge in [-0.2, -0.15) is 24.5 Å². The molecule has 13 heavy (non-hydrogen) atoms. The molecule has 0 unspecified atom stereocenters. The van der Waals surface area contributed by atoms with Gasteiger partial charge in [0.15, 0.2) is 0 Å². The van der Waals surface area contributed by atoms with Gasteiger partial charge in [-0.1, -0.05) is 6.92 Å². The molecule has 1 aliphatic rings. The zero-order valence-corrected chi connectivity index (χ0v) is 9.40. The van der Waals surface area contributed by atoms with E-state index in [1.54, 1.807) is 0 Å². The summed E-state index contributed by atoms with van der Waals surface area (Å²) in [5.41, 5.74) is 0. The zero-order valence-electron chi connectivity index (χ0n) is 7.77. The summed E-state index contributed by atoms with van der Waals surface area (Å²) >= 11 is 1.90. The van der Waals surface area contributed by atoms with Gasteiger partial charge in [0.05, 0.1) is 0 Å². The largest absolute Gasteiger partial charge is 0.276 e. The number of hydrogen-bond donors (Lipinski definition) is 1. The normalized spacial score (nSPS) is 22.0. The van der Waals surface area contributed by atoms with Crippen LogP contribution in [0, 0.1) is 0 Å². The summed E-state index contributed by atoms with van der Waals surface area (Å²) in [4.78, 5) is 0. The van der Waals surface area contributed by atoms with E-state index in [9.17, 15) is 8.42 Å². The minimum absolute atomic E-state index is 0.580. The molecule has 1 rings (SSSR count). The van der Waals surface area contributed by atoms with Gasteiger partial charge in [-0.05, 0) is 18.6 Å². The van der Waals surface area contributed by atoms with Crippen molar-refractivity contribution in [2.75, 3.05) is 18.8 Å². The Morgan fingerprint density at radius 2 is 2.00 bits per heavy atom.